The molecule has 1 amide bonds. The quantitative estimate of drug-likeness (QED) is 0.767. The average Bonchev–Trinajstić information content (AvgIpc) is 2.30. The second kappa shape index (κ2) is 7.07. The van der Waals surface area contributed by atoms with Gasteiger partial charge in [-0.2, -0.15) is 0 Å². The normalized spacial score (nSPS) is 10.6. The summed E-state index contributed by atoms with van der Waals surface area (Å²) >= 11 is 0. The van der Waals surface area contributed by atoms with Crippen LogP contribution in [-0.2, 0) is 16.0 Å². The summed E-state index contributed by atoms with van der Waals surface area (Å²) < 4.78 is 4.87. The molecule has 0 heterocycles. The van der Waals surface area contributed by atoms with Crippen LogP contribution in [0.4, 0.5) is 0 Å². The number of benzene rings is 1. The van der Waals surface area contributed by atoms with Crippen molar-refractivity contribution in [2.75, 3.05) is 20.3 Å². The number of carbonyl (C=O) groups is 1. The Morgan fingerprint density at radius 1 is 1.29 bits per heavy atom. The maximum absolute atomic E-state index is 11.5. The molecule has 0 unspecified atom stereocenters. The topological polar surface area (TPSA) is 38.3 Å². The second-order valence-electron chi connectivity index (χ2n) is 4.42. The number of ether oxygens (including phenoxy) is 1. The van der Waals surface area contributed by atoms with Crippen molar-refractivity contribution < 1.29 is 9.53 Å². The molecule has 0 aliphatic rings. The minimum Gasteiger partial charge on any atom is -0.383 e. The minimum atomic E-state index is 0.0411. The monoisotopic (exact) mass is 235 g/mol. The van der Waals surface area contributed by atoms with E-state index in [9.17, 15) is 4.79 Å². The van der Waals surface area contributed by atoms with Crippen LogP contribution in [0.3, 0.4) is 0 Å². The number of amides is 1. The Morgan fingerprint density at radius 2 is 1.94 bits per heavy atom. The Hall–Kier alpha value is -1.35. The molecule has 0 fully saturated rings. The Balaban J connectivity index is 2.43. The van der Waals surface area contributed by atoms with Crippen LogP contribution in [0.25, 0.3) is 0 Å². The van der Waals surface area contributed by atoms with Crippen LogP contribution in [-0.4, -0.2) is 26.2 Å². The van der Waals surface area contributed by atoms with Gasteiger partial charge in [0, 0.05) is 13.7 Å². The van der Waals surface area contributed by atoms with E-state index in [4.69, 9.17) is 4.74 Å². The van der Waals surface area contributed by atoms with E-state index in [1.807, 2.05) is 12.1 Å². The third-order valence-electron chi connectivity index (χ3n) is 2.64. The molecule has 0 aliphatic carbocycles. The molecular formula is C14H21NO2. The molecule has 17 heavy (non-hydrogen) atoms. The molecule has 0 radical (unpaired) electrons. The zero-order valence-corrected chi connectivity index (χ0v) is 10.8. The minimum absolute atomic E-state index is 0.0411. The number of hydrogen-bond acceptors (Lipinski definition) is 2. The second-order valence-corrected chi connectivity index (χ2v) is 4.42. The fourth-order valence-electron chi connectivity index (χ4n) is 1.56. The zero-order valence-electron chi connectivity index (χ0n) is 10.8. The largest absolute Gasteiger partial charge is 0.383 e. The molecule has 3 nitrogen and oxygen atoms in total. The summed E-state index contributed by atoms with van der Waals surface area (Å²) in [5, 5.41) is 2.81. The molecule has 0 bridgehead atoms. The van der Waals surface area contributed by atoms with Crippen molar-refractivity contribution in [2.45, 2.75) is 26.2 Å². The molecule has 0 spiro atoms. The van der Waals surface area contributed by atoms with Gasteiger partial charge in [-0.05, 0) is 17.0 Å². The van der Waals surface area contributed by atoms with Gasteiger partial charge in [0.15, 0.2) is 0 Å². The highest BCUT2D eigenvalue weighted by Gasteiger charge is 2.03. The fraction of sp³-hybridized carbons (Fsp3) is 0.500. The van der Waals surface area contributed by atoms with E-state index in [1.165, 1.54) is 5.56 Å². The van der Waals surface area contributed by atoms with Crippen LogP contribution in [0.5, 0.6) is 0 Å². The van der Waals surface area contributed by atoms with Crippen LogP contribution >= 0.6 is 0 Å². The number of nitrogens with one attached hydrogen (secondary N) is 1. The van der Waals surface area contributed by atoms with E-state index in [0.29, 0.717) is 25.5 Å². The van der Waals surface area contributed by atoms with Crippen LogP contribution < -0.4 is 5.32 Å². The van der Waals surface area contributed by atoms with E-state index >= 15 is 0 Å². The molecular weight excluding hydrogens is 214 g/mol. The Morgan fingerprint density at radius 3 is 2.47 bits per heavy atom. The average molecular weight is 235 g/mol. The van der Waals surface area contributed by atoms with Crippen LogP contribution in [0.1, 0.15) is 30.9 Å². The molecule has 94 valence electrons. The Bertz CT molecular complexity index is 344. The van der Waals surface area contributed by atoms with Gasteiger partial charge in [0.25, 0.3) is 0 Å². The lowest BCUT2D eigenvalue weighted by atomic mass is 10.0. The van der Waals surface area contributed by atoms with Crippen molar-refractivity contribution in [2.24, 2.45) is 0 Å². The molecule has 1 N–H and O–H groups in total. The summed E-state index contributed by atoms with van der Waals surface area (Å²) in [6.07, 6.45) is 0.433. The van der Waals surface area contributed by atoms with Crippen molar-refractivity contribution in [3.8, 4) is 0 Å². The highest BCUT2D eigenvalue weighted by molar-refractivity contribution is 5.78. The number of carbonyl (C=O) groups excluding carboxylic acids is 1. The third-order valence-corrected chi connectivity index (χ3v) is 2.64. The fourth-order valence-corrected chi connectivity index (χ4v) is 1.56. The Labute approximate surface area is 103 Å². The van der Waals surface area contributed by atoms with Gasteiger partial charge in [0.05, 0.1) is 13.0 Å². The molecule has 0 aromatic heterocycles. The zero-order chi connectivity index (χ0) is 12.7. The standard InChI is InChI=1S/C14H21NO2/c1-11(2)13-6-4-12(5-7-13)10-14(16)15-8-9-17-3/h4-7,11H,8-10H2,1-3H3,(H,15,16). The summed E-state index contributed by atoms with van der Waals surface area (Å²) in [5.74, 6) is 0.568. The predicted octanol–water partition coefficient (Wildman–Crippen LogP) is 2.12. The summed E-state index contributed by atoms with van der Waals surface area (Å²) in [4.78, 5) is 11.5. The van der Waals surface area contributed by atoms with Crippen molar-refractivity contribution in [1.82, 2.24) is 5.32 Å². The van der Waals surface area contributed by atoms with Crippen LogP contribution in [0.2, 0.25) is 0 Å². The summed E-state index contributed by atoms with van der Waals surface area (Å²) in [5.41, 5.74) is 2.35. The van der Waals surface area contributed by atoms with Gasteiger partial charge in [-0.15, -0.1) is 0 Å². The van der Waals surface area contributed by atoms with Gasteiger partial charge in [-0.3, -0.25) is 4.79 Å². The number of methoxy groups -OCH3 is 1. The SMILES string of the molecule is COCCNC(=O)Cc1ccc(C(C)C)cc1. The van der Waals surface area contributed by atoms with E-state index in [-0.39, 0.29) is 5.91 Å². The van der Waals surface area contributed by atoms with Gasteiger partial charge >= 0.3 is 0 Å². The highest BCUT2D eigenvalue weighted by Crippen LogP contribution is 2.14. The van der Waals surface area contributed by atoms with Crippen molar-refractivity contribution in [3.63, 3.8) is 0 Å². The lowest BCUT2D eigenvalue weighted by Crippen LogP contribution is -2.28. The smallest absolute Gasteiger partial charge is 0.224 e. The third kappa shape index (κ3) is 5.00. The lowest BCUT2D eigenvalue weighted by molar-refractivity contribution is -0.120. The molecule has 1 rings (SSSR count). The number of rotatable bonds is 6. The first-order valence-electron chi connectivity index (χ1n) is 5.98. The maximum atomic E-state index is 11.5. The van der Waals surface area contributed by atoms with Gasteiger partial charge < -0.3 is 10.1 Å². The first-order valence-corrected chi connectivity index (χ1v) is 5.98. The van der Waals surface area contributed by atoms with Crippen LogP contribution in [0, 0.1) is 0 Å². The van der Waals surface area contributed by atoms with E-state index in [2.05, 4.69) is 31.3 Å². The van der Waals surface area contributed by atoms with E-state index in [0.717, 1.165) is 5.56 Å². The van der Waals surface area contributed by atoms with E-state index < -0.39 is 0 Å². The molecule has 0 saturated carbocycles. The van der Waals surface area contributed by atoms with Gasteiger partial charge in [0.2, 0.25) is 5.91 Å². The molecule has 1 aromatic carbocycles. The first-order chi connectivity index (χ1) is 8.13. The predicted molar refractivity (Wildman–Crippen MR) is 69.1 cm³/mol. The van der Waals surface area contributed by atoms with Gasteiger partial charge in [0.1, 0.15) is 0 Å². The maximum Gasteiger partial charge on any atom is 0.224 e. The molecule has 0 atom stereocenters. The summed E-state index contributed by atoms with van der Waals surface area (Å²) in [6, 6.07) is 8.21. The molecule has 3 heteroatoms. The van der Waals surface area contributed by atoms with Gasteiger partial charge in [-0.25, -0.2) is 0 Å². The molecule has 0 aliphatic heterocycles. The number of hydrogen-bond donors (Lipinski definition) is 1. The van der Waals surface area contributed by atoms with E-state index in [1.54, 1.807) is 7.11 Å². The summed E-state index contributed by atoms with van der Waals surface area (Å²) in [6.45, 7) is 5.44. The Kier molecular flexibility index (Phi) is 5.70. The highest BCUT2D eigenvalue weighted by atomic mass is 16.5. The van der Waals surface area contributed by atoms with Crippen molar-refractivity contribution in [1.29, 1.82) is 0 Å². The van der Waals surface area contributed by atoms with Crippen LogP contribution in [0.15, 0.2) is 24.3 Å². The summed E-state index contributed by atoms with van der Waals surface area (Å²) in [7, 11) is 1.62. The van der Waals surface area contributed by atoms with Crippen molar-refractivity contribution in [3.05, 3.63) is 35.4 Å². The molecule has 0 saturated heterocycles. The first kappa shape index (κ1) is 13.7. The molecule has 1 aromatic rings. The van der Waals surface area contributed by atoms with Gasteiger partial charge in [-0.1, -0.05) is 38.1 Å². The van der Waals surface area contributed by atoms with Crippen molar-refractivity contribution >= 4 is 5.91 Å². The lowest BCUT2D eigenvalue weighted by Gasteiger charge is -2.07.